The lowest BCUT2D eigenvalue weighted by Gasteiger charge is -2.23. The third kappa shape index (κ3) is 3.00. The number of carbonyl (C=O) groups is 2. The monoisotopic (exact) mass is 330 g/mol. The van der Waals surface area contributed by atoms with E-state index in [9.17, 15) is 9.59 Å². The van der Waals surface area contributed by atoms with Crippen LogP contribution in [0.1, 0.15) is 18.1 Å². The molecule has 5 nitrogen and oxygen atoms in total. The van der Waals surface area contributed by atoms with Crippen molar-refractivity contribution in [3.05, 3.63) is 58.3 Å². The van der Waals surface area contributed by atoms with Crippen molar-refractivity contribution in [1.29, 1.82) is 0 Å². The van der Waals surface area contributed by atoms with Gasteiger partial charge >= 0.3 is 6.03 Å². The van der Waals surface area contributed by atoms with Gasteiger partial charge in [-0.15, -0.1) is 0 Å². The van der Waals surface area contributed by atoms with Crippen molar-refractivity contribution < 1.29 is 14.5 Å². The molecule has 1 aliphatic rings. The van der Waals surface area contributed by atoms with E-state index in [1.165, 1.54) is 10.5 Å². The topological polar surface area (TPSA) is 53.9 Å². The minimum absolute atomic E-state index is 0.196. The highest BCUT2D eigenvalue weighted by molar-refractivity contribution is 7.07. The average molecular weight is 330 g/mol. The van der Waals surface area contributed by atoms with Gasteiger partial charge in [0.05, 0.1) is 7.05 Å². The zero-order valence-corrected chi connectivity index (χ0v) is 14.0. The lowest BCUT2D eigenvalue weighted by molar-refractivity contribution is -0.901. The normalized spacial score (nSPS) is 22.3. The number of amides is 3. The van der Waals surface area contributed by atoms with Gasteiger partial charge in [0.1, 0.15) is 12.1 Å². The molecule has 2 atom stereocenters. The van der Waals surface area contributed by atoms with Crippen molar-refractivity contribution in [2.75, 3.05) is 13.7 Å². The van der Waals surface area contributed by atoms with Crippen LogP contribution in [0.5, 0.6) is 0 Å². The molecule has 23 heavy (non-hydrogen) atoms. The standard InChI is InChI=1S/C17H19N3O2S/c1-17(14-6-4-3-5-7-14)15(21)20(16(22)18-17)12-19(2)10-13-8-9-23-11-13/h3-9,11H,10,12H2,1-2H3,(H,18,22)/p+1/t17-/m1/s1. The maximum atomic E-state index is 12.8. The first kappa shape index (κ1) is 15.7. The quantitative estimate of drug-likeness (QED) is 0.809. The Hall–Kier alpha value is -2.18. The largest absolute Gasteiger partial charge is 0.329 e. The predicted octanol–water partition coefficient (Wildman–Crippen LogP) is 1.19. The zero-order chi connectivity index (χ0) is 16.4. The molecule has 3 amide bonds. The van der Waals surface area contributed by atoms with E-state index < -0.39 is 5.54 Å². The van der Waals surface area contributed by atoms with Crippen molar-refractivity contribution in [2.45, 2.75) is 19.0 Å². The summed E-state index contributed by atoms with van der Waals surface area (Å²) in [7, 11) is 1.98. The number of rotatable bonds is 5. The Morgan fingerprint density at radius 1 is 1.22 bits per heavy atom. The molecule has 2 aromatic rings. The zero-order valence-electron chi connectivity index (χ0n) is 13.2. The van der Waals surface area contributed by atoms with Crippen molar-refractivity contribution >= 4 is 23.3 Å². The molecule has 6 heteroatoms. The Morgan fingerprint density at radius 2 is 1.96 bits per heavy atom. The van der Waals surface area contributed by atoms with Crippen LogP contribution in [0.15, 0.2) is 47.2 Å². The third-order valence-corrected chi connectivity index (χ3v) is 4.87. The van der Waals surface area contributed by atoms with E-state index in [1.807, 2.05) is 42.8 Å². The molecule has 0 saturated carbocycles. The van der Waals surface area contributed by atoms with Crippen LogP contribution in [0.25, 0.3) is 0 Å². The van der Waals surface area contributed by atoms with Crippen molar-refractivity contribution in [3.63, 3.8) is 0 Å². The fourth-order valence-electron chi connectivity index (χ4n) is 2.88. The Kier molecular flexibility index (Phi) is 4.19. The molecular weight excluding hydrogens is 310 g/mol. The number of urea groups is 1. The number of hydrogen-bond acceptors (Lipinski definition) is 3. The Bertz CT molecular complexity index is 702. The molecule has 1 aromatic carbocycles. The molecule has 2 heterocycles. The van der Waals surface area contributed by atoms with Gasteiger partial charge in [0, 0.05) is 5.56 Å². The molecule has 1 fully saturated rings. The first-order valence-electron chi connectivity index (χ1n) is 7.53. The number of nitrogens with zero attached hydrogens (tertiary/aromatic N) is 1. The number of quaternary nitrogens is 1. The number of carbonyl (C=O) groups excluding carboxylic acids is 2. The maximum Gasteiger partial charge on any atom is 0.329 e. The highest BCUT2D eigenvalue weighted by Crippen LogP contribution is 2.27. The summed E-state index contributed by atoms with van der Waals surface area (Å²) in [6.07, 6.45) is 0. The van der Waals surface area contributed by atoms with E-state index in [4.69, 9.17) is 0 Å². The second kappa shape index (κ2) is 6.14. The minimum atomic E-state index is -0.985. The average Bonchev–Trinajstić information content (AvgIpc) is 3.11. The predicted molar refractivity (Wildman–Crippen MR) is 88.9 cm³/mol. The van der Waals surface area contributed by atoms with Crippen molar-refractivity contribution in [1.82, 2.24) is 10.2 Å². The lowest BCUT2D eigenvalue weighted by atomic mass is 9.92. The highest BCUT2D eigenvalue weighted by Gasteiger charge is 2.49. The van der Waals surface area contributed by atoms with E-state index in [-0.39, 0.29) is 11.9 Å². The lowest BCUT2D eigenvalue weighted by Crippen LogP contribution is -3.09. The number of imide groups is 1. The van der Waals surface area contributed by atoms with Gasteiger partial charge in [0.2, 0.25) is 0 Å². The number of thiophene rings is 1. The first-order valence-corrected chi connectivity index (χ1v) is 8.47. The first-order chi connectivity index (χ1) is 11.0. The third-order valence-electron chi connectivity index (χ3n) is 4.14. The van der Waals surface area contributed by atoms with E-state index in [0.29, 0.717) is 6.67 Å². The van der Waals surface area contributed by atoms with Crippen molar-refractivity contribution in [2.24, 2.45) is 0 Å². The minimum Gasteiger partial charge on any atom is -0.319 e. The van der Waals surface area contributed by atoms with Gasteiger partial charge in [0.15, 0.2) is 6.67 Å². The highest BCUT2D eigenvalue weighted by atomic mass is 32.1. The van der Waals surface area contributed by atoms with E-state index in [2.05, 4.69) is 16.8 Å². The number of nitrogens with one attached hydrogen (secondary N) is 2. The summed E-state index contributed by atoms with van der Waals surface area (Å²) in [5, 5.41) is 6.95. The smallest absolute Gasteiger partial charge is 0.319 e. The van der Waals surface area contributed by atoms with Gasteiger partial charge in [0.25, 0.3) is 5.91 Å². The molecule has 2 N–H and O–H groups in total. The van der Waals surface area contributed by atoms with Gasteiger partial charge in [-0.1, -0.05) is 30.3 Å². The van der Waals surface area contributed by atoms with Gasteiger partial charge in [-0.05, 0) is 29.3 Å². The summed E-state index contributed by atoms with van der Waals surface area (Å²) in [5.41, 5.74) is 1.03. The summed E-state index contributed by atoms with van der Waals surface area (Å²) >= 11 is 1.65. The van der Waals surface area contributed by atoms with E-state index in [0.717, 1.165) is 17.0 Å². The molecule has 1 aliphatic heterocycles. The maximum absolute atomic E-state index is 12.8. The van der Waals surface area contributed by atoms with Crippen LogP contribution in [-0.4, -0.2) is 30.6 Å². The van der Waals surface area contributed by atoms with Crippen molar-refractivity contribution in [3.8, 4) is 0 Å². The fraction of sp³-hybridized carbons (Fsp3) is 0.294. The summed E-state index contributed by atoms with van der Waals surface area (Å²) in [6, 6.07) is 11.1. The van der Waals surface area contributed by atoms with Crippen LogP contribution in [0.3, 0.4) is 0 Å². The molecular formula is C17H20N3O2S+. The van der Waals surface area contributed by atoms with Gasteiger partial charge in [-0.25, -0.2) is 9.69 Å². The van der Waals surface area contributed by atoms with Crippen LogP contribution >= 0.6 is 11.3 Å². The molecule has 1 aromatic heterocycles. The Morgan fingerprint density at radius 3 is 2.61 bits per heavy atom. The molecule has 0 aliphatic carbocycles. The van der Waals surface area contributed by atoms with Gasteiger partial charge in [-0.3, -0.25) is 4.79 Å². The molecule has 0 radical (unpaired) electrons. The van der Waals surface area contributed by atoms with E-state index >= 15 is 0 Å². The van der Waals surface area contributed by atoms with Crippen LogP contribution < -0.4 is 10.2 Å². The molecule has 1 unspecified atom stereocenters. The number of hydrogen-bond donors (Lipinski definition) is 2. The SMILES string of the molecule is C[NH+](Cc1ccsc1)CN1C(=O)N[C@](C)(c2ccccc2)C1=O. The Labute approximate surface area is 139 Å². The summed E-state index contributed by atoms with van der Waals surface area (Å²) in [5.74, 6) is -0.196. The molecule has 0 bridgehead atoms. The second-order valence-corrected chi connectivity index (χ2v) is 6.86. The van der Waals surface area contributed by atoms with E-state index in [1.54, 1.807) is 18.3 Å². The fourth-order valence-corrected chi connectivity index (χ4v) is 3.54. The van der Waals surface area contributed by atoms with Crippen LogP contribution in [0.2, 0.25) is 0 Å². The van der Waals surface area contributed by atoms with Crippen LogP contribution in [-0.2, 0) is 16.9 Å². The molecule has 0 spiro atoms. The van der Waals surface area contributed by atoms with Gasteiger partial charge in [-0.2, -0.15) is 11.3 Å². The summed E-state index contributed by atoms with van der Waals surface area (Å²) in [6.45, 7) is 2.89. The molecule has 3 rings (SSSR count). The van der Waals surface area contributed by atoms with Gasteiger partial charge < -0.3 is 10.2 Å². The second-order valence-electron chi connectivity index (χ2n) is 6.08. The summed E-state index contributed by atoms with van der Waals surface area (Å²) in [4.78, 5) is 27.5. The number of benzene rings is 1. The van der Waals surface area contributed by atoms with Crippen LogP contribution in [0, 0.1) is 0 Å². The summed E-state index contributed by atoms with van der Waals surface area (Å²) < 4.78 is 0. The molecule has 1 saturated heterocycles. The molecule has 120 valence electrons. The van der Waals surface area contributed by atoms with Crippen LogP contribution in [0.4, 0.5) is 4.79 Å². The Balaban J connectivity index is 1.74.